The zero-order valence-electron chi connectivity index (χ0n) is 15.3. The third kappa shape index (κ3) is 3.78. The first-order valence-electron chi connectivity index (χ1n) is 8.93. The lowest BCUT2D eigenvalue weighted by molar-refractivity contribution is -0.119. The fourth-order valence-corrected chi connectivity index (χ4v) is 4.72. The molecule has 2 aromatic rings. The molecule has 0 unspecified atom stereocenters. The molecule has 0 atom stereocenters. The molecule has 1 aromatic heterocycles. The van der Waals surface area contributed by atoms with E-state index in [0.717, 1.165) is 28.8 Å². The van der Waals surface area contributed by atoms with E-state index >= 15 is 0 Å². The number of carbonyl (C=O) groups is 1. The summed E-state index contributed by atoms with van der Waals surface area (Å²) < 4.78 is 13.7. The summed E-state index contributed by atoms with van der Waals surface area (Å²) in [6.07, 6.45) is 12.0. The maximum atomic E-state index is 12.5. The van der Waals surface area contributed by atoms with E-state index in [4.69, 9.17) is 15.9 Å². The molecule has 26 heavy (non-hydrogen) atoms. The molecule has 0 radical (unpaired) electrons. The van der Waals surface area contributed by atoms with Crippen LogP contribution in [0.15, 0.2) is 17.1 Å². The quantitative estimate of drug-likeness (QED) is 0.751. The maximum Gasteiger partial charge on any atom is 0.248 e. The lowest BCUT2D eigenvalue weighted by atomic mass is 9.87. The Bertz CT molecular complexity index is 898. The molecule has 1 heterocycles. The molecule has 6 heteroatoms. The van der Waals surface area contributed by atoms with E-state index in [1.807, 2.05) is 16.7 Å². The van der Waals surface area contributed by atoms with Crippen molar-refractivity contribution < 1.29 is 14.3 Å². The molecular weight excluding hydrogens is 348 g/mol. The molecule has 5 nitrogen and oxygen atoms in total. The van der Waals surface area contributed by atoms with Gasteiger partial charge in [0, 0.05) is 6.42 Å². The Morgan fingerprint density at radius 1 is 1.27 bits per heavy atom. The highest BCUT2D eigenvalue weighted by Crippen LogP contribution is 2.35. The molecule has 0 aliphatic heterocycles. The number of hydrogen-bond acceptors (Lipinski definition) is 4. The highest BCUT2D eigenvalue weighted by Gasteiger charge is 2.19. The number of hydrogen-bond donors (Lipinski definition) is 0. The van der Waals surface area contributed by atoms with Crippen LogP contribution in [0.1, 0.15) is 38.5 Å². The molecule has 0 saturated heterocycles. The van der Waals surface area contributed by atoms with Crippen molar-refractivity contribution in [2.75, 3.05) is 14.2 Å². The van der Waals surface area contributed by atoms with E-state index in [9.17, 15) is 4.79 Å². The number of terminal acetylenes is 1. The second kappa shape index (κ2) is 8.41. The van der Waals surface area contributed by atoms with Gasteiger partial charge in [-0.1, -0.05) is 36.5 Å². The van der Waals surface area contributed by atoms with Gasteiger partial charge in [0.1, 0.15) is 21.7 Å². The smallest absolute Gasteiger partial charge is 0.248 e. The van der Waals surface area contributed by atoms with E-state index in [1.165, 1.54) is 30.6 Å². The maximum absolute atomic E-state index is 12.5. The molecule has 0 spiro atoms. The first-order chi connectivity index (χ1) is 12.7. The first kappa shape index (κ1) is 18.5. The topological polar surface area (TPSA) is 52.8 Å². The molecule has 138 valence electrons. The fraction of sp³-hybridized carbons (Fsp3) is 0.500. The van der Waals surface area contributed by atoms with Crippen LogP contribution in [0.4, 0.5) is 0 Å². The minimum absolute atomic E-state index is 0.0767. The number of nitrogens with zero attached hydrogens (tertiary/aromatic N) is 2. The zero-order valence-corrected chi connectivity index (χ0v) is 16.1. The number of rotatable bonds is 5. The standard InChI is InChI=1S/C20H24N2O3S/c1-4-12-22-18-15(24-2)10-11-16(25-3)19(18)26-20(22)21-17(23)13-14-8-6-5-7-9-14/h1,10-11,14H,5-9,12-13H2,2-3H3. The van der Waals surface area contributed by atoms with Crippen LogP contribution < -0.4 is 14.3 Å². The van der Waals surface area contributed by atoms with Crippen molar-refractivity contribution >= 4 is 27.5 Å². The van der Waals surface area contributed by atoms with Crippen LogP contribution in [0.5, 0.6) is 11.5 Å². The monoisotopic (exact) mass is 372 g/mol. The third-order valence-corrected chi connectivity index (χ3v) is 5.94. The number of carbonyl (C=O) groups excluding carboxylic acids is 1. The van der Waals surface area contributed by atoms with Crippen molar-refractivity contribution in [1.82, 2.24) is 4.57 Å². The van der Waals surface area contributed by atoms with E-state index in [-0.39, 0.29) is 5.91 Å². The number of amides is 1. The molecule has 1 aliphatic rings. The molecule has 1 amide bonds. The molecule has 0 N–H and O–H groups in total. The SMILES string of the molecule is C#CCn1c(=NC(=O)CC2CCCCC2)sc2c(OC)ccc(OC)c21. The number of ether oxygens (including phenoxy) is 2. The van der Waals surface area contributed by atoms with Crippen LogP contribution >= 0.6 is 11.3 Å². The number of methoxy groups -OCH3 is 2. The van der Waals surface area contributed by atoms with Crippen LogP contribution in [-0.2, 0) is 11.3 Å². The largest absolute Gasteiger partial charge is 0.495 e. The van der Waals surface area contributed by atoms with E-state index < -0.39 is 0 Å². The van der Waals surface area contributed by atoms with Gasteiger partial charge >= 0.3 is 0 Å². The molecule has 1 aromatic carbocycles. The summed E-state index contributed by atoms with van der Waals surface area (Å²) in [5.41, 5.74) is 0.819. The molecule has 3 rings (SSSR count). The highest BCUT2D eigenvalue weighted by molar-refractivity contribution is 7.16. The fourth-order valence-electron chi connectivity index (χ4n) is 3.57. The first-order valence-corrected chi connectivity index (χ1v) is 9.75. The normalized spacial score (nSPS) is 15.8. The summed E-state index contributed by atoms with van der Waals surface area (Å²) in [6, 6.07) is 3.69. The summed E-state index contributed by atoms with van der Waals surface area (Å²) in [4.78, 5) is 17.5. The van der Waals surface area contributed by atoms with Gasteiger partial charge in [-0.15, -0.1) is 6.42 Å². The Morgan fingerprint density at radius 3 is 2.62 bits per heavy atom. The number of benzene rings is 1. The summed E-state index contributed by atoms with van der Waals surface area (Å²) in [6.45, 7) is 0.319. The van der Waals surface area contributed by atoms with E-state index in [0.29, 0.717) is 29.4 Å². The predicted molar refractivity (Wildman–Crippen MR) is 104 cm³/mol. The number of thiazole rings is 1. The summed E-state index contributed by atoms with van der Waals surface area (Å²) in [7, 11) is 3.24. The van der Waals surface area contributed by atoms with Gasteiger partial charge in [0.25, 0.3) is 0 Å². The average molecular weight is 372 g/mol. The van der Waals surface area contributed by atoms with Gasteiger partial charge in [-0.3, -0.25) is 4.79 Å². The van der Waals surface area contributed by atoms with Gasteiger partial charge in [0.2, 0.25) is 5.91 Å². The summed E-state index contributed by atoms with van der Waals surface area (Å²) in [5, 5.41) is 0. The average Bonchev–Trinajstić information content (AvgIpc) is 3.00. The Kier molecular flexibility index (Phi) is 6.00. The van der Waals surface area contributed by atoms with Crippen molar-refractivity contribution in [3.05, 3.63) is 16.9 Å². The van der Waals surface area contributed by atoms with Crippen molar-refractivity contribution in [3.8, 4) is 23.8 Å². The van der Waals surface area contributed by atoms with Gasteiger partial charge < -0.3 is 14.0 Å². The minimum atomic E-state index is -0.0767. The molecule has 0 bridgehead atoms. The Labute approximate surface area is 157 Å². The van der Waals surface area contributed by atoms with Gasteiger partial charge in [-0.25, -0.2) is 0 Å². The van der Waals surface area contributed by atoms with Crippen molar-refractivity contribution in [3.63, 3.8) is 0 Å². The van der Waals surface area contributed by atoms with Crippen LogP contribution in [0.3, 0.4) is 0 Å². The van der Waals surface area contributed by atoms with Crippen molar-refractivity contribution in [1.29, 1.82) is 0 Å². The predicted octanol–water partition coefficient (Wildman–Crippen LogP) is 3.75. The Balaban J connectivity index is 2.05. The Hall–Kier alpha value is -2.26. The van der Waals surface area contributed by atoms with Crippen LogP contribution in [0.25, 0.3) is 10.2 Å². The molecule has 1 aliphatic carbocycles. The van der Waals surface area contributed by atoms with Crippen LogP contribution in [-0.4, -0.2) is 24.7 Å². The highest BCUT2D eigenvalue weighted by atomic mass is 32.1. The van der Waals surface area contributed by atoms with E-state index in [1.54, 1.807) is 14.2 Å². The zero-order chi connectivity index (χ0) is 18.5. The van der Waals surface area contributed by atoms with Crippen LogP contribution in [0.2, 0.25) is 0 Å². The summed E-state index contributed by atoms with van der Waals surface area (Å²) in [5.74, 6) is 4.44. The van der Waals surface area contributed by atoms with Crippen molar-refractivity contribution in [2.45, 2.75) is 45.1 Å². The second-order valence-electron chi connectivity index (χ2n) is 6.54. The lowest BCUT2D eigenvalue weighted by Gasteiger charge is -2.19. The molecular formula is C20H24N2O3S. The minimum Gasteiger partial charge on any atom is -0.495 e. The van der Waals surface area contributed by atoms with Gasteiger partial charge in [0.15, 0.2) is 4.80 Å². The van der Waals surface area contributed by atoms with Gasteiger partial charge in [-0.05, 0) is 30.9 Å². The van der Waals surface area contributed by atoms with Gasteiger partial charge in [-0.2, -0.15) is 4.99 Å². The van der Waals surface area contributed by atoms with Crippen LogP contribution in [0, 0.1) is 18.3 Å². The van der Waals surface area contributed by atoms with Gasteiger partial charge in [0.05, 0.1) is 20.8 Å². The second-order valence-corrected chi connectivity index (χ2v) is 7.51. The van der Waals surface area contributed by atoms with E-state index in [2.05, 4.69) is 10.9 Å². The number of aromatic nitrogens is 1. The molecule has 1 fully saturated rings. The summed E-state index contributed by atoms with van der Waals surface area (Å²) >= 11 is 1.41. The van der Waals surface area contributed by atoms with Crippen molar-refractivity contribution in [2.24, 2.45) is 10.9 Å². The number of fused-ring (bicyclic) bond motifs is 1. The third-order valence-electron chi connectivity index (χ3n) is 4.85. The Morgan fingerprint density at radius 2 is 1.96 bits per heavy atom. The lowest BCUT2D eigenvalue weighted by Crippen LogP contribution is -2.18. The molecule has 1 saturated carbocycles.